The summed E-state index contributed by atoms with van der Waals surface area (Å²) in [4.78, 5) is 2.04. The molecule has 4 heteroatoms. The van der Waals surface area contributed by atoms with Crippen molar-refractivity contribution < 1.29 is 9.13 Å². The van der Waals surface area contributed by atoms with Gasteiger partial charge >= 0.3 is 0 Å². The fourth-order valence-electron chi connectivity index (χ4n) is 1.85. The Bertz CT molecular complexity index is 382. The van der Waals surface area contributed by atoms with Gasteiger partial charge in [-0.05, 0) is 45.4 Å². The zero-order valence-corrected chi connectivity index (χ0v) is 12.2. The van der Waals surface area contributed by atoms with Crippen molar-refractivity contribution in [3.05, 3.63) is 30.1 Å². The van der Waals surface area contributed by atoms with Crippen molar-refractivity contribution in [1.82, 2.24) is 0 Å². The zero-order valence-electron chi connectivity index (χ0n) is 12.2. The Hall–Kier alpha value is -1.13. The van der Waals surface area contributed by atoms with Crippen LogP contribution in [0.4, 0.5) is 10.1 Å². The second-order valence-corrected chi connectivity index (χ2v) is 5.29. The number of hydrogen-bond acceptors (Lipinski definition) is 3. The number of halogens is 1. The second-order valence-electron chi connectivity index (χ2n) is 5.29. The number of benzene rings is 1. The van der Waals surface area contributed by atoms with E-state index in [1.807, 2.05) is 30.9 Å². The normalized spacial score (nSPS) is 11.6. The standard InChI is InChI=1S/C15H25FN2O/c1-15(2,19-3)9-12-18(11-6-10-17)14-8-5-4-7-13(14)16/h4-5,7-8H,6,9-12,17H2,1-3H3. The number of rotatable bonds is 8. The van der Waals surface area contributed by atoms with Gasteiger partial charge in [0.1, 0.15) is 5.82 Å². The molecule has 0 amide bonds. The Morgan fingerprint density at radius 2 is 1.95 bits per heavy atom. The molecule has 0 aromatic heterocycles. The number of anilines is 1. The third-order valence-electron chi connectivity index (χ3n) is 3.36. The summed E-state index contributed by atoms with van der Waals surface area (Å²) in [6.07, 6.45) is 1.68. The lowest BCUT2D eigenvalue weighted by Gasteiger charge is -2.30. The van der Waals surface area contributed by atoms with Crippen LogP contribution in [0, 0.1) is 5.82 Å². The average molecular weight is 268 g/mol. The van der Waals surface area contributed by atoms with E-state index >= 15 is 0 Å². The predicted octanol–water partition coefficient (Wildman–Crippen LogP) is 2.80. The topological polar surface area (TPSA) is 38.5 Å². The first-order valence-electron chi connectivity index (χ1n) is 6.75. The van der Waals surface area contributed by atoms with Gasteiger partial charge in [-0.1, -0.05) is 12.1 Å². The van der Waals surface area contributed by atoms with Crippen molar-refractivity contribution >= 4 is 5.69 Å². The molecule has 0 radical (unpaired) electrons. The zero-order chi connectivity index (χ0) is 14.3. The molecule has 0 aliphatic heterocycles. The van der Waals surface area contributed by atoms with Crippen LogP contribution in [0.5, 0.6) is 0 Å². The number of ether oxygens (including phenoxy) is 1. The third-order valence-corrected chi connectivity index (χ3v) is 3.36. The maximum Gasteiger partial charge on any atom is 0.146 e. The van der Waals surface area contributed by atoms with E-state index in [9.17, 15) is 4.39 Å². The van der Waals surface area contributed by atoms with E-state index in [0.717, 1.165) is 25.9 Å². The Morgan fingerprint density at radius 3 is 2.53 bits per heavy atom. The highest BCUT2D eigenvalue weighted by atomic mass is 19.1. The molecule has 3 nitrogen and oxygen atoms in total. The summed E-state index contributed by atoms with van der Waals surface area (Å²) in [6, 6.07) is 6.87. The van der Waals surface area contributed by atoms with E-state index in [2.05, 4.69) is 0 Å². The number of methoxy groups -OCH3 is 1. The van der Waals surface area contributed by atoms with Crippen LogP contribution in [0.3, 0.4) is 0 Å². The van der Waals surface area contributed by atoms with Gasteiger partial charge in [0.05, 0.1) is 11.3 Å². The monoisotopic (exact) mass is 268 g/mol. The van der Waals surface area contributed by atoms with Crippen LogP contribution in [-0.4, -0.2) is 32.3 Å². The van der Waals surface area contributed by atoms with E-state index in [-0.39, 0.29) is 11.4 Å². The first-order valence-corrected chi connectivity index (χ1v) is 6.75. The smallest absolute Gasteiger partial charge is 0.146 e. The molecule has 0 aliphatic rings. The van der Waals surface area contributed by atoms with E-state index in [4.69, 9.17) is 10.5 Å². The van der Waals surface area contributed by atoms with Crippen LogP contribution >= 0.6 is 0 Å². The molecule has 1 aromatic carbocycles. The first kappa shape index (κ1) is 15.9. The molecular weight excluding hydrogens is 243 g/mol. The number of para-hydroxylation sites is 1. The van der Waals surface area contributed by atoms with E-state index < -0.39 is 0 Å². The summed E-state index contributed by atoms with van der Waals surface area (Å²) < 4.78 is 19.3. The van der Waals surface area contributed by atoms with Crippen molar-refractivity contribution in [2.24, 2.45) is 5.73 Å². The molecule has 0 bridgehead atoms. The maximum absolute atomic E-state index is 13.9. The van der Waals surface area contributed by atoms with Gasteiger partial charge in [-0.3, -0.25) is 0 Å². The maximum atomic E-state index is 13.9. The van der Waals surface area contributed by atoms with Gasteiger partial charge in [0, 0.05) is 20.2 Å². The fraction of sp³-hybridized carbons (Fsp3) is 0.600. The minimum Gasteiger partial charge on any atom is -0.379 e. The lowest BCUT2D eigenvalue weighted by atomic mass is 10.0. The average Bonchev–Trinajstić information content (AvgIpc) is 2.40. The van der Waals surface area contributed by atoms with Crippen molar-refractivity contribution in [2.75, 3.05) is 31.6 Å². The van der Waals surface area contributed by atoms with Gasteiger partial charge in [0.15, 0.2) is 0 Å². The third kappa shape index (κ3) is 5.17. The summed E-state index contributed by atoms with van der Waals surface area (Å²) in [5, 5.41) is 0. The first-order chi connectivity index (χ1) is 9.00. The molecule has 0 saturated heterocycles. The van der Waals surface area contributed by atoms with Crippen LogP contribution in [0.2, 0.25) is 0 Å². The van der Waals surface area contributed by atoms with Crippen LogP contribution in [-0.2, 0) is 4.74 Å². The largest absolute Gasteiger partial charge is 0.379 e. The molecule has 0 atom stereocenters. The summed E-state index contributed by atoms with van der Waals surface area (Å²) in [6.45, 7) is 6.20. The predicted molar refractivity (Wildman–Crippen MR) is 78.0 cm³/mol. The van der Waals surface area contributed by atoms with Crippen LogP contribution in [0.15, 0.2) is 24.3 Å². The summed E-state index contributed by atoms with van der Waals surface area (Å²) in [5.41, 5.74) is 6.00. The summed E-state index contributed by atoms with van der Waals surface area (Å²) in [7, 11) is 1.70. The molecular formula is C15H25FN2O. The van der Waals surface area contributed by atoms with Crippen molar-refractivity contribution in [3.63, 3.8) is 0 Å². The lowest BCUT2D eigenvalue weighted by Crippen LogP contribution is -2.34. The molecule has 1 rings (SSSR count). The molecule has 0 fully saturated rings. The quantitative estimate of drug-likeness (QED) is 0.788. The lowest BCUT2D eigenvalue weighted by molar-refractivity contribution is 0.0172. The molecule has 0 saturated carbocycles. The van der Waals surface area contributed by atoms with Crippen molar-refractivity contribution in [2.45, 2.75) is 32.3 Å². The van der Waals surface area contributed by atoms with E-state index in [0.29, 0.717) is 12.2 Å². The SMILES string of the molecule is COC(C)(C)CCN(CCCN)c1ccccc1F. The van der Waals surface area contributed by atoms with Gasteiger partial charge in [-0.2, -0.15) is 0 Å². The fourth-order valence-corrected chi connectivity index (χ4v) is 1.85. The molecule has 2 N–H and O–H groups in total. The molecule has 0 heterocycles. The minimum atomic E-state index is -0.202. The van der Waals surface area contributed by atoms with Gasteiger partial charge < -0.3 is 15.4 Å². The highest BCUT2D eigenvalue weighted by Crippen LogP contribution is 2.21. The second kappa shape index (κ2) is 7.46. The number of hydrogen-bond donors (Lipinski definition) is 1. The highest BCUT2D eigenvalue weighted by Gasteiger charge is 2.19. The Balaban J connectivity index is 2.75. The molecule has 0 spiro atoms. The number of nitrogens with zero attached hydrogens (tertiary/aromatic N) is 1. The molecule has 108 valence electrons. The molecule has 19 heavy (non-hydrogen) atoms. The van der Waals surface area contributed by atoms with Crippen molar-refractivity contribution in [3.8, 4) is 0 Å². The summed E-state index contributed by atoms with van der Waals surface area (Å²) >= 11 is 0. The highest BCUT2D eigenvalue weighted by molar-refractivity contribution is 5.47. The van der Waals surface area contributed by atoms with Gasteiger partial charge in [0.2, 0.25) is 0 Å². The molecule has 0 aliphatic carbocycles. The van der Waals surface area contributed by atoms with Gasteiger partial charge in [-0.15, -0.1) is 0 Å². The van der Waals surface area contributed by atoms with Crippen LogP contribution < -0.4 is 10.6 Å². The van der Waals surface area contributed by atoms with E-state index in [1.54, 1.807) is 13.2 Å². The van der Waals surface area contributed by atoms with Gasteiger partial charge in [-0.25, -0.2) is 4.39 Å². The summed E-state index contributed by atoms with van der Waals surface area (Å²) in [5.74, 6) is -0.185. The van der Waals surface area contributed by atoms with Gasteiger partial charge in [0.25, 0.3) is 0 Å². The molecule has 0 unspecified atom stereocenters. The Kier molecular flexibility index (Phi) is 6.25. The van der Waals surface area contributed by atoms with Crippen molar-refractivity contribution in [1.29, 1.82) is 0 Å². The Morgan fingerprint density at radius 1 is 1.26 bits per heavy atom. The minimum absolute atomic E-state index is 0.185. The molecule has 1 aromatic rings. The number of nitrogens with two attached hydrogens (primary N) is 1. The Labute approximate surface area is 115 Å². The van der Waals surface area contributed by atoms with Crippen LogP contribution in [0.25, 0.3) is 0 Å². The van der Waals surface area contributed by atoms with Crippen LogP contribution in [0.1, 0.15) is 26.7 Å². The van der Waals surface area contributed by atoms with E-state index in [1.165, 1.54) is 6.07 Å².